The minimum Gasteiger partial charge on any atom is -0.310 e. The van der Waals surface area contributed by atoms with Crippen LogP contribution >= 0.6 is 11.6 Å². The highest BCUT2D eigenvalue weighted by molar-refractivity contribution is 6.51. The van der Waals surface area contributed by atoms with Gasteiger partial charge in [0.1, 0.15) is 5.57 Å². The van der Waals surface area contributed by atoms with Gasteiger partial charge in [0, 0.05) is 17.6 Å². The summed E-state index contributed by atoms with van der Waals surface area (Å²) in [6, 6.07) is 13.8. The van der Waals surface area contributed by atoms with Crippen molar-refractivity contribution in [3.63, 3.8) is 0 Å². The first kappa shape index (κ1) is 17.1. The van der Waals surface area contributed by atoms with E-state index >= 15 is 0 Å². The zero-order valence-electron chi connectivity index (χ0n) is 14.2. The van der Waals surface area contributed by atoms with Crippen LogP contribution in [0.15, 0.2) is 53.3 Å². The molecule has 27 heavy (non-hydrogen) atoms. The molecule has 0 radical (unpaired) electrons. The Labute approximate surface area is 158 Å². The van der Waals surface area contributed by atoms with Crippen molar-refractivity contribution in [2.75, 3.05) is 11.9 Å². The highest BCUT2D eigenvalue weighted by Crippen LogP contribution is 2.28. The van der Waals surface area contributed by atoms with Gasteiger partial charge in [-0.25, -0.2) is 0 Å². The minimum atomic E-state index is -0.472. The highest BCUT2D eigenvalue weighted by atomic mass is 35.5. The second-order valence-corrected chi connectivity index (χ2v) is 6.59. The number of para-hydroxylation sites is 1. The van der Waals surface area contributed by atoms with Gasteiger partial charge in [0.15, 0.2) is 0 Å². The van der Waals surface area contributed by atoms with Crippen LogP contribution in [0.3, 0.4) is 0 Å². The summed E-state index contributed by atoms with van der Waals surface area (Å²) in [7, 11) is 1.60. The van der Waals surface area contributed by atoms with Crippen LogP contribution in [0.25, 0.3) is 11.6 Å². The maximum atomic E-state index is 13.0. The topological polar surface area (TPSA) is 86.0 Å². The van der Waals surface area contributed by atoms with Gasteiger partial charge in [-0.15, -0.1) is 0 Å². The lowest BCUT2D eigenvalue weighted by Crippen LogP contribution is -2.44. The molecular weight excluding hydrogens is 366 g/mol. The number of benzene rings is 2. The normalized spacial score (nSPS) is 16.7. The number of carbonyl (C=O) groups excluding carboxylic acids is 2. The van der Waals surface area contributed by atoms with Gasteiger partial charge < -0.3 is 4.90 Å². The number of hydrogen-bond donors (Lipinski definition) is 2. The largest absolute Gasteiger partial charge is 0.310 e. The molecule has 0 aliphatic carbocycles. The lowest BCUT2D eigenvalue weighted by molar-refractivity contribution is -0.113. The van der Waals surface area contributed by atoms with Crippen LogP contribution in [0.4, 0.5) is 5.69 Å². The predicted molar refractivity (Wildman–Crippen MR) is 103 cm³/mol. The third-order valence-electron chi connectivity index (χ3n) is 4.50. The summed E-state index contributed by atoms with van der Waals surface area (Å²) < 4.78 is 0. The lowest BCUT2D eigenvalue weighted by atomic mass is 9.95. The van der Waals surface area contributed by atoms with Crippen molar-refractivity contribution in [3.05, 3.63) is 85.6 Å². The van der Waals surface area contributed by atoms with Crippen LogP contribution in [0, 0.1) is 0 Å². The number of aromatic amines is 2. The van der Waals surface area contributed by atoms with Crippen molar-refractivity contribution < 1.29 is 9.59 Å². The standard InChI is InChI=1S/C20H14ClN3O3/c1-24-15-5-3-2-4-13(15)18(25)16(20(24)27)17-14(19(26)23-22-17)10-11-6-8-12(21)9-7-11/h2-10,22H,1H3,(H,23,26). The van der Waals surface area contributed by atoms with Gasteiger partial charge in [0.25, 0.3) is 11.5 Å². The summed E-state index contributed by atoms with van der Waals surface area (Å²) in [5.41, 5.74) is 1.17. The second-order valence-electron chi connectivity index (χ2n) is 6.15. The Balaban J connectivity index is 2.03. The molecule has 0 saturated carbocycles. The van der Waals surface area contributed by atoms with Crippen LogP contribution < -0.4 is 21.0 Å². The number of ketones is 1. The maximum Gasteiger partial charge on any atom is 0.271 e. The summed E-state index contributed by atoms with van der Waals surface area (Å²) >= 11 is 5.89. The molecule has 134 valence electrons. The highest BCUT2D eigenvalue weighted by Gasteiger charge is 2.33. The van der Waals surface area contributed by atoms with E-state index in [-0.39, 0.29) is 16.1 Å². The first-order chi connectivity index (χ1) is 13.0. The minimum absolute atomic E-state index is 0.0743. The molecule has 3 aromatic rings. The Hall–Kier alpha value is -3.38. The molecule has 0 fully saturated rings. The zero-order valence-corrected chi connectivity index (χ0v) is 15.0. The van der Waals surface area contributed by atoms with Gasteiger partial charge in [-0.05, 0) is 35.9 Å². The van der Waals surface area contributed by atoms with E-state index in [4.69, 9.17) is 11.6 Å². The number of anilines is 1. The maximum absolute atomic E-state index is 13.0. The van der Waals surface area contributed by atoms with Crippen LogP contribution in [0.1, 0.15) is 15.9 Å². The van der Waals surface area contributed by atoms with E-state index in [0.717, 1.165) is 5.56 Å². The first-order valence-electron chi connectivity index (χ1n) is 8.17. The molecule has 2 heterocycles. The molecule has 2 N–H and O–H groups in total. The summed E-state index contributed by atoms with van der Waals surface area (Å²) in [6.45, 7) is 0. The molecule has 0 spiro atoms. The molecule has 0 bridgehead atoms. The number of Topliss-reactive ketones (excluding diaryl/α,β-unsaturated/α-hetero) is 1. The van der Waals surface area contributed by atoms with E-state index < -0.39 is 17.2 Å². The van der Waals surface area contributed by atoms with Gasteiger partial charge in [0.05, 0.1) is 16.3 Å². The van der Waals surface area contributed by atoms with Crippen molar-refractivity contribution in [1.82, 2.24) is 10.2 Å². The van der Waals surface area contributed by atoms with E-state index in [1.165, 1.54) is 4.90 Å². The second kappa shape index (κ2) is 6.41. The molecule has 2 aromatic carbocycles. The molecule has 0 atom stereocenters. The molecule has 1 aliphatic heterocycles. The molecule has 4 rings (SSSR count). The van der Waals surface area contributed by atoms with E-state index in [2.05, 4.69) is 10.2 Å². The average molecular weight is 380 g/mol. The van der Waals surface area contributed by atoms with Crippen LogP contribution in [0.2, 0.25) is 5.02 Å². The molecule has 0 saturated heterocycles. The Morgan fingerprint density at radius 2 is 1.67 bits per heavy atom. The number of nitrogens with zero attached hydrogens (tertiary/aromatic N) is 1. The van der Waals surface area contributed by atoms with Crippen molar-refractivity contribution >= 4 is 40.6 Å². The van der Waals surface area contributed by atoms with E-state index in [1.807, 2.05) is 0 Å². The van der Waals surface area contributed by atoms with E-state index in [9.17, 15) is 14.4 Å². The molecule has 1 amide bonds. The number of nitrogens with one attached hydrogen (secondary N) is 2. The first-order valence-corrected chi connectivity index (χ1v) is 8.55. The molecular formula is C20H14ClN3O3. The quantitative estimate of drug-likeness (QED) is 0.666. The third-order valence-corrected chi connectivity index (χ3v) is 4.75. The fourth-order valence-electron chi connectivity index (χ4n) is 3.12. The number of halogens is 1. The van der Waals surface area contributed by atoms with Gasteiger partial charge in [0.2, 0.25) is 5.78 Å². The van der Waals surface area contributed by atoms with Crippen LogP contribution in [0.5, 0.6) is 0 Å². The number of fused-ring (bicyclic) bond motifs is 1. The van der Waals surface area contributed by atoms with E-state index in [0.29, 0.717) is 16.3 Å². The number of carbonyl (C=O) groups is 2. The third kappa shape index (κ3) is 2.80. The Morgan fingerprint density at radius 1 is 0.963 bits per heavy atom. The van der Waals surface area contributed by atoms with Crippen LogP contribution in [-0.2, 0) is 4.79 Å². The molecule has 0 unspecified atom stereocenters. The molecule has 7 heteroatoms. The fraction of sp³-hybridized carbons (Fsp3) is 0.0500. The summed E-state index contributed by atoms with van der Waals surface area (Å²) in [4.78, 5) is 39.5. The van der Waals surface area contributed by atoms with Crippen LogP contribution in [-0.4, -0.2) is 28.9 Å². The van der Waals surface area contributed by atoms with E-state index in [1.54, 1.807) is 61.7 Å². The van der Waals surface area contributed by atoms with Gasteiger partial charge in [-0.3, -0.25) is 24.6 Å². The van der Waals surface area contributed by atoms with Crippen molar-refractivity contribution in [1.29, 1.82) is 0 Å². The Morgan fingerprint density at radius 3 is 2.41 bits per heavy atom. The Kier molecular flexibility index (Phi) is 4.05. The number of H-pyrrole nitrogens is 2. The zero-order chi connectivity index (χ0) is 19.1. The number of aromatic nitrogens is 2. The number of rotatable bonds is 1. The molecule has 6 nitrogen and oxygen atoms in total. The molecule has 1 aliphatic rings. The summed E-state index contributed by atoms with van der Waals surface area (Å²) in [5, 5.41) is 6.10. The van der Waals surface area contributed by atoms with Gasteiger partial charge >= 0.3 is 0 Å². The molecule has 1 aromatic heterocycles. The van der Waals surface area contributed by atoms with Crippen molar-refractivity contribution in [2.24, 2.45) is 0 Å². The number of amides is 1. The lowest BCUT2D eigenvalue weighted by Gasteiger charge is -2.25. The smallest absolute Gasteiger partial charge is 0.271 e. The Bertz CT molecular complexity index is 1250. The van der Waals surface area contributed by atoms with Gasteiger partial charge in [-0.2, -0.15) is 0 Å². The summed E-state index contributed by atoms with van der Waals surface area (Å²) in [6.07, 6.45) is 1.61. The van der Waals surface area contributed by atoms with Crippen molar-refractivity contribution in [2.45, 2.75) is 0 Å². The monoisotopic (exact) mass is 379 g/mol. The van der Waals surface area contributed by atoms with Crippen molar-refractivity contribution in [3.8, 4) is 0 Å². The van der Waals surface area contributed by atoms with Gasteiger partial charge in [-0.1, -0.05) is 35.9 Å². The SMILES string of the molecule is CN1C(=O)C(=c2[nH][nH]c(=O)c2=Cc2ccc(Cl)cc2)C(=O)c2ccccc21. The summed E-state index contributed by atoms with van der Waals surface area (Å²) in [5.74, 6) is -0.894. The number of hydrogen-bond acceptors (Lipinski definition) is 3. The fourth-order valence-corrected chi connectivity index (χ4v) is 3.24. The average Bonchev–Trinajstić information content (AvgIpc) is 3.02. The predicted octanol–water partition coefficient (Wildman–Crippen LogP) is 1.20.